The van der Waals surface area contributed by atoms with Gasteiger partial charge in [0.25, 0.3) is 0 Å². The van der Waals surface area contributed by atoms with Crippen molar-refractivity contribution in [2.24, 2.45) is 11.7 Å². The van der Waals surface area contributed by atoms with Crippen molar-refractivity contribution >= 4 is 71.1 Å². The summed E-state index contributed by atoms with van der Waals surface area (Å²) in [5.41, 5.74) is 5.92. The third-order valence-corrected chi connectivity index (χ3v) is 4.61. The SMILES string of the molecule is NCCOc1ccc(C/C(C(=O)O)=C(/C(=O)O)C2CCC(O)CC2)cc1.[NaH].[NaH]. The Morgan fingerprint density at radius 3 is 2.04 bits per heavy atom. The minimum atomic E-state index is -1.23. The molecule has 0 spiro atoms. The Labute approximate surface area is 208 Å². The van der Waals surface area contributed by atoms with Crippen LogP contribution in [0.4, 0.5) is 0 Å². The summed E-state index contributed by atoms with van der Waals surface area (Å²) >= 11 is 0. The molecular weight excluding hydrogens is 384 g/mol. The Hall–Kier alpha value is -0.380. The van der Waals surface area contributed by atoms with Crippen molar-refractivity contribution in [3.05, 3.63) is 41.0 Å². The number of carboxylic acid groups (broad SMARTS) is 2. The molecular formula is C19H27NNa2O6. The quantitative estimate of drug-likeness (QED) is 0.357. The van der Waals surface area contributed by atoms with Crippen molar-refractivity contribution in [2.75, 3.05) is 13.2 Å². The molecule has 1 aromatic rings. The number of hydrogen-bond donors (Lipinski definition) is 4. The zero-order valence-corrected chi connectivity index (χ0v) is 14.6. The van der Waals surface area contributed by atoms with Gasteiger partial charge in [0.15, 0.2) is 0 Å². The van der Waals surface area contributed by atoms with Crippen molar-refractivity contribution in [3.8, 4) is 5.75 Å². The first-order chi connectivity index (χ1) is 12.4. The summed E-state index contributed by atoms with van der Waals surface area (Å²) in [7, 11) is 0. The molecule has 2 rings (SSSR count). The van der Waals surface area contributed by atoms with Crippen LogP contribution in [0.2, 0.25) is 0 Å². The number of nitrogens with two attached hydrogens (primary N) is 1. The van der Waals surface area contributed by atoms with E-state index in [9.17, 15) is 24.9 Å². The normalized spacial score (nSPS) is 19.5. The van der Waals surface area contributed by atoms with E-state index >= 15 is 0 Å². The van der Waals surface area contributed by atoms with Crippen LogP contribution >= 0.6 is 0 Å². The van der Waals surface area contributed by atoms with E-state index in [4.69, 9.17) is 10.5 Å². The molecule has 0 amide bonds. The molecule has 0 aromatic heterocycles. The predicted molar refractivity (Wildman–Crippen MR) is 109 cm³/mol. The number of carbonyl (C=O) groups is 2. The van der Waals surface area contributed by atoms with Gasteiger partial charge in [-0.3, -0.25) is 0 Å². The molecule has 0 heterocycles. The number of hydrogen-bond acceptors (Lipinski definition) is 5. The van der Waals surface area contributed by atoms with Crippen molar-refractivity contribution in [1.29, 1.82) is 0 Å². The molecule has 9 heteroatoms. The Bertz CT molecular complexity index is 670. The molecule has 146 valence electrons. The molecule has 1 saturated carbocycles. The first-order valence-corrected chi connectivity index (χ1v) is 8.71. The van der Waals surface area contributed by atoms with Gasteiger partial charge in [-0.25, -0.2) is 9.59 Å². The van der Waals surface area contributed by atoms with Gasteiger partial charge in [0.1, 0.15) is 12.4 Å². The van der Waals surface area contributed by atoms with Crippen molar-refractivity contribution in [1.82, 2.24) is 0 Å². The van der Waals surface area contributed by atoms with Gasteiger partial charge >= 0.3 is 71.1 Å². The number of aliphatic hydroxyl groups excluding tert-OH is 1. The van der Waals surface area contributed by atoms with Crippen molar-refractivity contribution < 1.29 is 29.6 Å². The Balaban J connectivity index is 0.00000364. The molecule has 1 fully saturated rings. The van der Waals surface area contributed by atoms with E-state index in [1.807, 2.05) is 0 Å². The van der Waals surface area contributed by atoms with Crippen LogP contribution in [-0.4, -0.2) is 106 Å². The van der Waals surface area contributed by atoms with Gasteiger partial charge in [0, 0.05) is 13.0 Å². The summed E-state index contributed by atoms with van der Waals surface area (Å²) in [5.74, 6) is -2.15. The van der Waals surface area contributed by atoms with Crippen LogP contribution in [0.5, 0.6) is 5.75 Å². The Morgan fingerprint density at radius 1 is 1.00 bits per heavy atom. The van der Waals surface area contributed by atoms with Crippen molar-refractivity contribution in [3.63, 3.8) is 0 Å². The summed E-state index contributed by atoms with van der Waals surface area (Å²) in [6, 6.07) is 6.86. The van der Waals surface area contributed by atoms with Gasteiger partial charge in [-0.1, -0.05) is 12.1 Å². The first-order valence-electron chi connectivity index (χ1n) is 8.71. The van der Waals surface area contributed by atoms with Crippen LogP contribution in [0, 0.1) is 5.92 Å². The van der Waals surface area contributed by atoms with Crippen LogP contribution < -0.4 is 10.5 Å². The van der Waals surface area contributed by atoms with Gasteiger partial charge < -0.3 is 25.8 Å². The van der Waals surface area contributed by atoms with E-state index in [-0.39, 0.29) is 82.6 Å². The molecule has 0 unspecified atom stereocenters. The van der Waals surface area contributed by atoms with Gasteiger partial charge in [-0.05, 0) is 49.3 Å². The van der Waals surface area contributed by atoms with E-state index in [1.54, 1.807) is 24.3 Å². The topological polar surface area (TPSA) is 130 Å². The second-order valence-corrected chi connectivity index (χ2v) is 6.47. The van der Waals surface area contributed by atoms with E-state index in [2.05, 4.69) is 0 Å². The molecule has 1 aliphatic rings. The van der Waals surface area contributed by atoms with Crippen LogP contribution in [0.25, 0.3) is 0 Å². The van der Waals surface area contributed by atoms with Gasteiger partial charge in [0.2, 0.25) is 0 Å². The minimum absolute atomic E-state index is 0. The van der Waals surface area contributed by atoms with Gasteiger partial charge in [-0.15, -0.1) is 0 Å². The maximum absolute atomic E-state index is 11.8. The molecule has 0 bridgehead atoms. The summed E-state index contributed by atoms with van der Waals surface area (Å²) in [5, 5.41) is 28.8. The molecule has 7 nitrogen and oxygen atoms in total. The number of aliphatic carboxylic acids is 2. The average molecular weight is 411 g/mol. The third kappa shape index (κ3) is 8.16. The monoisotopic (exact) mass is 411 g/mol. The number of rotatable bonds is 8. The second-order valence-electron chi connectivity index (χ2n) is 6.47. The number of aliphatic hydroxyl groups is 1. The fourth-order valence-corrected chi connectivity index (χ4v) is 3.29. The van der Waals surface area contributed by atoms with Crippen LogP contribution in [0.15, 0.2) is 35.4 Å². The van der Waals surface area contributed by atoms with Crippen LogP contribution in [0.3, 0.4) is 0 Å². The van der Waals surface area contributed by atoms with E-state index < -0.39 is 18.0 Å². The summed E-state index contributed by atoms with van der Waals surface area (Å²) < 4.78 is 5.38. The van der Waals surface area contributed by atoms with E-state index in [0.717, 1.165) is 0 Å². The number of carboxylic acids is 2. The fourth-order valence-electron chi connectivity index (χ4n) is 3.29. The molecule has 0 saturated heterocycles. The third-order valence-electron chi connectivity index (χ3n) is 4.61. The fraction of sp³-hybridized carbons (Fsp3) is 0.474. The van der Waals surface area contributed by atoms with Gasteiger partial charge in [-0.2, -0.15) is 0 Å². The first kappa shape index (κ1) is 27.6. The van der Waals surface area contributed by atoms with Gasteiger partial charge in [0.05, 0.1) is 17.3 Å². The molecule has 0 radical (unpaired) electrons. The summed E-state index contributed by atoms with van der Waals surface area (Å²) in [4.78, 5) is 23.5. The van der Waals surface area contributed by atoms with Crippen LogP contribution in [0.1, 0.15) is 31.2 Å². The van der Waals surface area contributed by atoms with E-state index in [1.165, 1.54) is 0 Å². The predicted octanol–water partition coefficient (Wildman–Crippen LogP) is 0.286. The van der Waals surface area contributed by atoms with Crippen molar-refractivity contribution in [2.45, 2.75) is 38.2 Å². The number of benzene rings is 1. The Kier molecular flexibility index (Phi) is 13.6. The second kappa shape index (κ2) is 13.8. The molecule has 1 aromatic carbocycles. The molecule has 0 atom stereocenters. The maximum atomic E-state index is 11.8. The zero-order chi connectivity index (χ0) is 19.1. The molecule has 0 aliphatic heterocycles. The molecule has 28 heavy (non-hydrogen) atoms. The average Bonchev–Trinajstić information content (AvgIpc) is 2.61. The molecule has 5 N–H and O–H groups in total. The summed E-state index contributed by atoms with van der Waals surface area (Å²) in [6.45, 7) is 0.780. The Morgan fingerprint density at radius 2 is 1.57 bits per heavy atom. The summed E-state index contributed by atoms with van der Waals surface area (Å²) in [6.07, 6.45) is 1.52. The zero-order valence-electron chi connectivity index (χ0n) is 14.6. The molecule has 1 aliphatic carbocycles. The van der Waals surface area contributed by atoms with Crippen LogP contribution in [-0.2, 0) is 16.0 Å². The number of ether oxygens (including phenoxy) is 1. The van der Waals surface area contributed by atoms with E-state index in [0.29, 0.717) is 50.1 Å². The standard InChI is InChI=1S/C19H25NO6.2Na.2H/c20-9-10-26-15-7-1-12(2-8-15)11-16(18(22)23)17(19(24)25)13-3-5-14(21)6-4-13;;;;/h1-2,7-8,13-14,21H,3-6,9-11,20H2,(H,22,23)(H,24,25);;;;/b17-16-;;;;.